The minimum atomic E-state index is 0.707. The number of benzene rings is 2. The highest BCUT2D eigenvalue weighted by atomic mass is 15.0. The Kier molecular flexibility index (Phi) is 3.66. The van der Waals surface area contributed by atoms with E-state index in [0.29, 0.717) is 5.92 Å². The van der Waals surface area contributed by atoms with Crippen LogP contribution < -0.4 is 0 Å². The fourth-order valence-corrected chi connectivity index (χ4v) is 4.29. The normalized spacial score (nSPS) is 15.1. The summed E-state index contributed by atoms with van der Waals surface area (Å²) in [6, 6.07) is 15.3. The first-order valence-electron chi connectivity index (χ1n) is 9.50. The smallest absolute Gasteiger partial charge is 0.0997 e. The topological polar surface area (TPSA) is 33.6 Å². The lowest BCUT2D eigenvalue weighted by Gasteiger charge is -2.11. The quantitative estimate of drug-likeness (QED) is 0.488. The lowest BCUT2D eigenvalue weighted by molar-refractivity contribution is 0.729. The number of aromatic nitrogens is 3. The van der Waals surface area contributed by atoms with Crippen LogP contribution >= 0.6 is 0 Å². The Hall–Kier alpha value is -2.81. The summed E-state index contributed by atoms with van der Waals surface area (Å²) in [5.74, 6) is 0.707. The second kappa shape index (κ2) is 6.17. The molecular formula is C23H23N3. The number of nitrogens with zero attached hydrogens (tertiary/aromatic N) is 2. The van der Waals surface area contributed by atoms with Crippen molar-refractivity contribution in [3.05, 3.63) is 72.3 Å². The predicted molar refractivity (Wildman–Crippen MR) is 107 cm³/mol. The SMILES string of the molecule is Cc1ccc(-c2cncn2-c2ccc3[nH]cc(C4CCCC4)c3c2)cc1. The molecule has 3 nitrogen and oxygen atoms in total. The summed E-state index contributed by atoms with van der Waals surface area (Å²) in [6.45, 7) is 2.12. The first kappa shape index (κ1) is 15.4. The zero-order chi connectivity index (χ0) is 17.5. The van der Waals surface area contributed by atoms with Crippen LogP contribution in [0.3, 0.4) is 0 Å². The number of hydrogen-bond donors (Lipinski definition) is 1. The molecular weight excluding hydrogens is 318 g/mol. The number of imidazole rings is 1. The van der Waals surface area contributed by atoms with E-state index in [9.17, 15) is 0 Å². The van der Waals surface area contributed by atoms with Crippen LogP contribution in [0, 0.1) is 6.92 Å². The molecule has 1 aliphatic rings. The van der Waals surface area contributed by atoms with Crippen molar-refractivity contribution >= 4 is 10.9 Å². The van der Waals surface area contributed by atoms with Gasteiger partial charge in [-0.3, -0.25) is 4.57 Å². The van der Waals surface area contributed by atoms with Crippen LogP contribution in [0.25, 0.3) is 27.8 Å². The Labute approximate surface area is 153 Å². The van der Waals surface area contributed by atoms with Gasteiger partial charge in [0.1, 0.15) is 0 Å². The number of aryl methyl sites for hydroxylation is 1. The molecule has 2 aromatic carbocycles. The van der Waals surface area contributed by atoms with E-state index < -0.39 is 0 Å². The van der Waals surface area contributed by atoms with E-state index >= 15 is 0 Å². The molecule has 2 heterocycles. The molecule has 1 N–H and O–H groups in total. The predicted octanol–water partition coefficient (Wildman–Crippen LogP) is 5.99. The third-order valence-corrected chi connectivity index (χ3v) is 5.76. The van der Waals surface area contributed by atoms with Crippen molar-refractivity contribution in [2.24, 2.45) is 0 Å². The summed E-state index contributed by atoms with van der Waals surface area (Å²) < 4.78 is 2.19. The molecule has 0 amide bonds. The zero-order valence-corrected chi connectivity index (χ0v) is 15.1. The van der Waals surface area contributed by atoms with Crippen LogP contribution in [0.2, 0.25) is 0 Å². The maximum Gasteiger partial charge on any atom is 0.0997 e. The molecule has 0 radical (unpaired) electrons. The van der Waals surface area contributed by atoms with E-state index in [1.807, 2.05) is 12.5 Å². The molecule has 0 aliphatic heterocycles. The second-order valence-electron chi connectivity index (χ2n) is 7.47. The summed E-state index contributed by atoms with van der Waals surface area (Å²) in [6.07, 6.45) is 11.4. The van der Waals surface area contributed by atoms with Gasteiger partial charge in [0.15, 0.2) is 0 Å². The summed E-state index contributed by atoms with van der Waals surface area (Å²) in [7, 11) is 0. The molecule has 26 heavy (non-hydrogen) atoms. The van der Waals surface area contributed by atoms with E-state index in [2.05, 4.69) is 70.1 Å². The monoisotopic (exact) mass is 341 g/mol. The molecule has 0 atom stereocenters. The second-order valence-corrected chi connectivity index (χ2v) is 7.47. The highest BCUT2D eigenvalue weighted by Gasteiger charge is 2.20. The number of nitrogens with one attached hydrogen (secondary N) is 1. The summed E-state index contributed by atoms with van der Waals surface area (Å²) in [4.78, 5) is 7.89. The minimum absolute atomic E-state index is 0.707. The first-order chi connectivity index (χ1) is 12.8. The van der Waals surface area contributed by atoms with Gasteiger partial charge in [-0.25, -0.2) is 4.98 Å². The Morgan fingerprint density at radius 2 is 1.85 bits per heavy atom. The third-order valence-electron chi connectivity index (χ3n) is 5.76. The summed E-state index contributed by atoms with van der Waals surface area (Å²) in [5, 5.41) is 1.36. The fraction of sp³-hybridized carbons (Fsp3) is 0.261. The van der Waals surface area contributed by atoms with Crippen molar-refractivity contribution in [3.8, 4) is 16.9 Å². The Morgan fingerprint density at radius 3 is 2.65 bits per heavy atom. The Balaban J connectivity index is 1.60. The van der Waals surface area contributed by atoms with Crippen LogP contribution in [-0.4, -0.2) is 14.5 Å². The van der Waals surface area contributed by atoms with E-state index in [0.717, 1.165) is 5.69 Å². The van der Waals surface area contributed by atoms with Crippen LogP contribution in [-0.2, 0) is 0 Å². The van der Waals surface area contributed by atoms with E-state index in [1.165, 1.54) is 59.0 Å². The van der Waals surface area contributed by atoms with Gasteiger partial charge in [0.05, 0.1) is 18.2 Å². The van der Waals surface area contributed by atoms with Crippen LogP contribution in [0.15, 0.2) is 61.2 Å². The van der Waals surface area contributed by atoms with Crippen molar-refractivity contribution in [1.82, 2.24) is 14.5 Å². The molecule has 2 aromatic heterocycles. The molecule has 1 saturated carbocycles. The Morgan fingerprint density at radius 1 is 1.04 bits per heavy atom. The highest BCUT2D eigenvalue weighted by molar-refractivity contribution is 5.86. The van der Waals surface area contributed by atoms with Crippen LogP contribution in [0.1, 0.15) is 42.7 Å². The third kappa shape index (κ3) is 2.55. The van der Waals surface area contributed by atoms with Crippen molar-refractivity contribution in [1.29, 1.82) is 0 Å². The lowest BCUT2D eigenvalue weighted by Crippen LogP contribution is -1.96. The van der Waals surface area contributed by atoms with Gasteiger partial charge in [-0.2, -0.15) is 0 Å². The average molecular weight is 341 g/mol. The van der Waals surface area contributed by atoms with E-state index in [4.69, 9.17) is 0 Å². The van der Waals surface area contributed by atoms with Gasteiger partial charge in [0.2, 0.25) is 0 Å². The van der Waals surface area contributed by atoms with E-state index in [1.54, 1.807) is 0 Å². The van der Waals surface area contributed by atoms with Gasteiger partial charge in [-0.05, 0) is 49.4 Å². The molecule has 130 valence electrons. The van der Waals surface area contributed by atoms with E-state index in [-0.39, 0.29) is 0 Å². The summed E-state index contributed by atoms with van der Waals surface area (Å²) in [5.41, 5.74) is 7.48. The van der Waals surface area contributed by atoms with Gasteiger partial charge in [0, 0.05) is 28.4 Å². The van der Waals surface area contributed by atoms with Crippen LogP contribution in [0.5, 0.6) is 0 Å². The number of rotatable bonds is 3. The molecule has 1 aliphatic carbocycles. The molecule has 4 aromatic rings. The number of H-pyrrole nitrogens is 1. The molecule has 0 spiro atoms. The molecule has 0 bridgehead atoms. The number of hydrogen-bond acceptors (Lipinski definition) is 1. The minimum Gasteiger partial charge on any atom is -0.361 e. The van der Waals surface area contributed by atoms with Crippen molar-refractivity contribution < 1.29 is 0 Å². The molecule has 3 heteroatoms. The molecule has 1 fully saturated rings. The van der Waals surface area contributed by atoms with Crippen LogP contribution in [0.4, 0.5) is 0 Å². The van der Waals surface area contributed by atoms with Gasteiger partial charge in [-0.15, -0.1) is 0 Å². The first-order valence-corrected chi connectivity index (χ1v) is 9.50. The maximum absolute atomic E-state index is 4.42. The van der Waals surface area contributed by atoms with Gasteiger partial charge >= 0.3 is 0 Å². The number of fused-ring (bicyclic) bond motifs is 1. The van der Waals surface area contributed by atoms with Crippen molar-refractivity contribution in [2.45, 2.75) is 38.5 Å². The maximum atomic E-state index is 4.42. The Bertz CT molecular complexity index is 1050. The van der Waals surface area contributed by atoms with Gasteiger partial charge in [-0.1, -0.05) is 42.7 Å². The average Bonchev–Trinajstić information content (AvgIpc) is 3.41. The largest absolute Gasteiger partial charge is 0.361 e. The van der Waals surface area contributed by atoms with Crippen molar-refractivity contribution in [2.75, 3.05) is 0 Å². The molecule has 0 saturated heterocycles. The van der Waals surface area contributed by atoms with Crippen molar-refractivity contribution in [3.63, 3.8) is 0 Å². The number of aromatic amines is 1. The standard InChI is InChI=1S/C23H23N3/c1-16-6-8-18(9-7-16)23-14-24-15-26(23)19-10-11-22-20(12-19)21(13-25-22)17-4-2-3-5-17/h6-15,17,25H,2-5H2,1H3. The zero-order valence-electron chi connectivity index (χ0n) is 15.1. The molecule has 0 unspecified atom stereocenters. The fourth-order valence-electron chi connectivity index (χ4n) is 4.29. The highest BCUT2D eigenvalue weighted by Crippen LogP contribution is 2.38. The van der Waals surface area contributed by atoms with Gasteiger partial charge < -0.3 is 4.98 Å². The van der Waals surface area contributed by atoms with Gasteiger partial charge in [0.25, 0.3) is 0 Å². The lowest BCUT2D eigenvalue weighted by atomic mass is 9.97. The summed E-state index contributed by atoms with van der Waals surface area (Å²) >= 11 is 0. The molecule has 5 rings (SSSR count).